The van der Waals surface area contributed by atoms with Crippen molar-refractivity contribution in [2.45, 2.75) is 92.4 Å². The lowest BCUT2D eigenvalue weighted by Crippen LogP contribution is -2.64. The number of carbonyl (C=O) groups is 4. The molecule has 3 aromatic carbocycles. The van der Waals surface area contributed by atoms with E-state index in [0.29, 0.717) is 0 Å². The molecule has 29 nitrogen and oxygen atoms in total. The maximum Gasteiger partial charge on any atom is 0.331 e. The molecule has 0 unspecified atom stereocenters. The van der Waals surface area contributed by atoms with Crippen LogP contribution in [0.1, 0.15) is 17.5 Å². The molecule has 4 heterocycles. The summed E-state index contributed by atoms with van der Waals surface area (Å²) in [5.41, 5.74) is -0.321. The maximum atomic E-state index is 13.5. The number of benzene rings is 4. The zero-order valence-corrected chi connectivity index (χ0v) is 44.0. The quantitative estimate of drug-likeness (QED) is 0.0155. The molecule has 450 valence electrons. The number of hydrogen-bond acceptors (Lipinski definition) is 28. The molecule has 4 aliphatic heterocycles. The summed E-state index contributed by atoms with van der Waals surface area (Å²) < 4.78 is 68.5. The van der Waals surface area contributed by atoms with Gasteiger partial charge in [-0.3, -0.25) is 14.4 Å². The Balaban J connectivity index is 1.15. The van der Waals surface area contributed by atoms with E-state index in [0.717, 1.165) is 36.4 Å². The average molecular weight is 1180 g/mol. The molecule has 0 spiro atoms. The first-order chi connectivity index (χ1) is 40.0. The number of aliphatic hydroxyl groups excluding tert-OH is 7. The molecule has 3 aromatic rings. The molecule has 5 aliphatic rings. The number of ether oxygens (including phenoxy) is 11. The van der Waals surface area contributed by atoms with Gasteiger partial charge in [0.15, 0.2) is 58.4 Å². The number of aromatic hydroxyl groups is 4. The van der Waals surface area contributed by atoms with Gasteiger partial charge in [-0.25, -0.2) is 9.59 Å². The van der Waals surface area contributed by atoms with E-state index in [4.69, 9.17) is 61.6 Å². The third-order valence-corrected chi connectivity index (χ3v) is 13.1. The van der Waals surface area contributed by atoms with Gasteiger partial charge in [-0.05, 0) is 77.9 Å². The number of aliphatic hydroxyl groups is 7. The summed E-state index contributed by atoms with van der Waals surface area (Å²) in [5, 5.41) is 127. The topological polar surface area (TPSA) is 443 Å². The largest absolute Gasteiger partial charge is 0.508 e. The summed E-state index contributed by atoms with van der Waals surface area (Å²) in [6, 6.07) is 14.6. The van der Waals surface area contributed by atoms with Gasteiger partial charge < -0.3 is 118 Å². The highest BCUT2D eigenvalue weighted by molar-refractivity contribution is 5.90. The van der Waals surface area contributed by atoms with Crippen LogP contribution in [0.15, 0.2) is 94.2 Å². The van der Waals surface area contributed by atoms with Crippen LogP contribution in [0.3, 0.4) is 0 Å². The number of carboxylic acids is 1. The Kier molecular flexibility index (Phi) is 19.6. The summed E-state index contributed by atoms with van der Waals surface area (Å²) in [5.74, 6) is -7.88. The first kappa shape index (κ1) is 61.5. The molecule has 8 rings (SSSR count). The Labute approximate surface area is 473 Å². The lowest BCUT2D eigenvalue weighted by molar-refractivity contribution is -0.345. The molecule has 3 fully saturated rings. The summed E-state index contributed by atoms with van der Waals surface area (Å²) in [7, 11) is 2.55. The molecular formula is C55H56O29. The van der Waals surface area contributed by atoms with Gasteiger partial charge in [0.25, 0.3) is 0 Å². The first-order valence-corrected chi connectivity index (χ1v) is 25.2. The number of phenolic OH excluding ortho intramolecular Hbond substituents is 4. The number of phenols is 4. The molecule has 3 saturated heterocycles. The number of carboxylic acid groups (broad SMARTS) is 1. The van der Waals surface area contributed by atoms with Gasteiger partial charge in [0.1, 0.15) is 91.8 Å². The molecular weight excluding hydrogens is 1120 g/mol. The molecule has 0 radical (unpaired) electrons. The highest BCUT2D eigenvalue weighted by Crippen LogP contribution is 2.44. The van der Waals surface area contributed by atoms with Crippen LogP contribution in [-0.4, -0.2) is 205 Å². The van der Waals surface area contributed by atoms with Crippen LogP contribution in [0.25, 0.3) is 34.8 Å². The lowest BCUT2D eigenvalue weighted by atomic mass is 9.98. The van der Waals surface area contributed by atoms with Crippen LogP contribution in [0.2, 0.25) is 0 Å². The second-order valence-corrected chi connectivity index (χ2v) is 18.9. The Hall–Kier alpha value is -8.59. The fourth-order valence-electron chi connectivity index (χ4n) is 8.73. The van der Waals surface area contributed by atoms with Crippen LogP contribution in [0.5, 0.6) is 46.0 Å². The van der Waals surface area contributed by atoms with Crippen molar-refractivity contribution < 1.29 is 137 Å². The summed E-state index contributed by atoms with van der Waals surface area (Å²) >= 11 is 0. The van der Waals surface area contributed by atoms with E-state index in [1.54, 1.807) is 0 Å². The highest BCUT2D eigenvalue weighted by Gasteiger charge is 2.52. The lowest BCUT2D eigenvalue weighted by Gasteiger charge is -2.45. The van der Waals surface area contributed by atoms with E-state index in [1.165, 1.54) is 74.9 Å². The molecule has 84 heavy (non-hydrogen) atoms. The number of aliphatic carboxylic acids is 1. The van der Waals surface area contributed by atoms with Gasteiger partial charge in [0, 0.05) is 29.8 Å². The normalized spacial score (nSPS) is 27.0. The van der Waals surface area contributed by atoms with Crippen molar-refractivity contribution in [1.82, 2.24) is 0 Å². The summed E-state index contributed by atoms with van der Waals surface area (Å²) in [4.78, 5) is 62.9. The molecule has 0 aromatic heterocycles. The zero-order chi connectivity index (χ0) is 60.7. The SMILES string of the molecule is COc1cc(C=CC(=O)O[C@H]2[C@H](O[C@H]3[C@H](Oc4cc5c(O[C@@H]6O[C@H](COC(=O)CC(=O)O)[C@@H](O)[C@H](O)[C@H]6O)cc(=O)cc-5oc4-c4ccc(O)cc4)O[C@H](COC(=O)C=Cc4ccc(O)c(O)c4)[C@@H](O)[C@@H]3O)OC[C@@H](O)[C@@H]2O)cc(OC)c1O. The van der Waals surface area contributed by atoms with E-state index in [-0.39, 0.29) is 56.8 Å². The molecule has 12 N–H and O–H groups in total. The molecule has 14 atom stereocenters. The van der Waals surface area contributed by atoms with E-state index in [1.807, 2.05) is 0 Å². The zero-order valence-electron chi connectivity index (χ0n) is 44.0. The van der Waals surface area contributed by atoms with Gasteiger partial charge in [0.2, 0.25) is 18.3 Å². The third kappa shape index (κ3) is 14.4. The van der Waals surface area contributed by atoms with Crippen LogP contribution in [0, 0.1) is 0 Å². The van der Waals surface area contributed by atoms with E-state index >= 15 is 0 Å². The maximum absolute atomic E-state index is 13.5. The van der Waals surface area contributed by atoms with Crippen molar-refractivity contribution in [1.29, 1.82) is 0 Å². The van der Waals surface area contributed by atoms with Crippen molar-refractivity contribution in [3.8, 4) is 68.6 Å². The minimum Gasteiger partial charge on any atom is -0.508 e. The smallest absolute Gasteiger partial charge is 0.331 e. The van der Waals surface area contributed by atoms with E-state index in [9.17, 15) is 80.1 Å². The predicted molar refractivity (Wildman–Crippen MR) is 277 cm³/mol. The monoisotopic (exact) mass is 1180 g/mol. The number of methoxy groups -OCH3 is 2. The standard InChI is InChI=1S/C55H56O29/c1-73-34-14-24(15-35(74-2)44(34)67)5-12-41(64)83-51-43(66)31(60)20-77-54(51)84-52-48(71)46(69)38(21-75-40(63)11-4-23-3-10-29(58)30(59)13-23)82-55(52)80-36-18-28-32(78-50(36)25-6-8-26(56)9-7-25)16-27(57)17-33(28)79-53-49(72)47(70)45(68)37(81-53)22-76-42(65)19-39(61)62/h3-18,31,37-38,43,45-49,51-56,58-60,66-72H,19-22H2,1-2H3,(H,61,62)/t31-,37-,38-,43+,45-,46-,47+,48+,49-,51-,52-,53-,54+,55-/m1/s1. The molecule has 0 bridgehead atoms. The number of fused-ring (bicyclic) bond motifs is 1. The molecule has 1 aliphatic carbocycles. The van der Waals surface area contributed by atoms with Crippen LogP contribution >= 0.6 is 0 Å². The number of hydrogen-bond donors (Lipinski definition) is 12. The summed E-state index contributed by atoms with van der Waals surface area (Å²) in [6.45, 7) is -2.33. The van der Waals surface area contributed by atoms with Gasteiger partial charge in [0.05, 0.1) is 26.4 Å². The van der Waals surface area contributed by atoms with Crippen LogP contribution < -0.4 is 24.4 Å². The molecule has 0 amide bonds. The van der Waals surface area contributed by atoms with Crippen molar-refractivity contribution in [3.63, 3.8) is 0 Å². The van der Waals surface area contributed by atoms with Crippen LogP contribution in [-0.2, 0) is 52.3 Å². The minimum absolute atomic E-state index is 0.0186. The highest BCUT2D eigenvalue weighted by atomic mass is 16.8. The van der Waals surface area contributed by atoms with Gasteiger partial charge >= 0.3 is 23.9 Å². The molecule has 0 saturated carbocycles. The minimum atomic E-state index is -2.16. The Morgan fingerprint density at radius 2 is 1.24 bits per heavy atom. The Morgan fingerprint density at radius 3 is 1.90 bits per heavy atom. The van der Waals surface area contributed by atoms with E-state index in [2.05, 4.69) is 0 Å². The fraction of sp³-hybridized carbons (Fsp3) is 0.364. The van der Waals surface area contributed by atoms with Gasteiger partial charge in [-0.1, -0.05) is 6.07 Å². The Bertz CT molecular complexity index is 3220. The number of rotatable bonds is 20. The van der Waals surface area contributed by atoms with Crippen molar-refractivity contribution in [2.24, 2.45) is 0 Å². The third-order valence-electron chi connectivity index (χ3n) is 13.1. The van der Waals surface area contributed by atoms with Crippen molar-refractivity contribution >= 4 is 36.0 Å². The van der Waals surface area contributed by atoms with Crippen molar-refractivity contribution in [3.05, 3.63) is 106 Å². The number of carbonyl (C=O) groups excluding carboxylic acids is 3. The van der Waals surface area contributed by atoms with Crippen molar-refractivity contribution in [2.75, 3.05) is 34.0 Å². The summed E-state index contributed by atoms with van der Waals surface area (Å²) in [6.07, 6.45) is -24.0. The van der Waals surface area contributed by atoms with E-state index < -0.39 is 165 Å². The average Bonchev–Trinajstić information content (AvgIpc) is 2.26. The number of esters is 3. The first-order valence-electron chi connectivity index (χ1n) is 25.2. The Morgan fingerprint density at radius 1 is 0.607 bits per heavy atom. The fourth-order valence-corrected chi connectivity index (χ4v) is 8.73. The second kappa shape index (κ2) is 26.8. The second-order valence-electron chi connectivity index (χ2n) is 18.9. The van der Waals surface area contributed by atoms with Gasteiger partial charge in [-0.2, -0.15) is 0 Å². The van der Waals surface area contributed by atoms with Crippen LogP contribution in [0.4, 0.5) is 0 Å². The predicted octanol–water partition coefficient (Wildman–Crippen LogP) is -0.374. The molecule has 29 heteroatoms. The van der Waals surface area contributed by atoms with Gasteiger partial charge in [-0.15, -0.1) is 0 Å².